The molecule has 0 aliphatic carbocycles. The Labute approximate surface area is 37.4 Å². The molecule has 1 heterocycles. The van der Waals surface area contributed by atoms with Gasteiger partial charge < -0.3 is 5.32 Å². The van der Waals surface area contributed by atoms with Crippen LogP contribution in [0.2, 0.25) is 0 Å². The van der Waals surface area contributed by atoms with Gasteiger partial charge in [-0.2, -0.15) is 11.9 Å². The first-order valence-corrected chi connectivity index (χ1v) is 1.93. The largest absolute Gasteiger partial charge is 0.668 e. The van der Waals surface area contributed by atoms with Crippen molar-refractivity contribution in [3.63, 3.8) is 0 Å². The lowest BCUT2D eigenvalue weighted by atomic mass is 10.4. The van der Waals surface area contributed by atoms with Gasteiger partial charge in [-0.1, -0.05) is 0 Å². The molecule has 0 bridgehead atoms. The van der Waals surface area contributed by atoms with E-state index in [1.165, 1.54) is 0 Å². The molecule has 0 saturated heterocycles. The summed E-state index contributed by atoms with van der Waals surface area (Å²) in [5, 5.41) is 3.86. The van der Waals surface area contributed by atoms with Crippen LogP contribution in [0.4, 0.5) is 0 Å². The van der Waals surface area contributed by atoms with Crippen molar-refractivity contribution >= 4 is 0 Å². The molecular weight excluding hydrogens is 74.1 g/mol. The van der Waals surface area contributed by atoms with E-state index in [0.29, 0.717) is 0 Å². The minimum Gasteiger partial charge on any atom is -0.668 e. The predicted molar refractivity (Wildman–Crippen MR) is 26.3 cm³/mol. The van der Waals surface area contributed by atoms with Crippen LogP contribution in [0.15, 0.2) is 24.6 Å². The van der Waals surface area contributed by atoms with Crippen molar-refractivity contribution in [1.82, 2.24) is 0 Å². The SMILES string of the molecule is C=C1CC=C[N-]1. The fourth-order valence-corrected chi connectivity index (χ4v) is 0.400. The summed E-state index contributed by atoms with van der Waals surface area (Å²) < 4.78 is 0. The standard InChI is InChI=1S/C5H6N/c1-5-3-2-4-6-5/h2,4H,1,3H2/q-1. The zero-order valence-corrected chi connectivity index (χ0v) is 3.52. The average Bonchev–Trinajstić information content (AvgIpc) is 1.86. The van der Waals surface area contributed by atoms with Gasteiger partial charge in [0.2, 0.25) is 0 Å². The zero-order valence-electron chi connectivity index (χ0n) is 3.52. The highest BCUT2D eigenvalue weighted by molar-refractivity contribution is 5.29. The number of nitrogens with zero attached hydrogens (tertiary/aromatic N) is 1. The van der Waals surface area contributed by atoms with Gasteiger partial charge in [-0.25, -0.2) is 0 Å². The zero-order chi connectivity index (χ0) is 4.41. The first-order chi connectivity index (χ1) is 2.89. The van der Waals surface area contributed by atoms with Crippen molar-refractivity contribution in [3.8, 4) is 0 Å². The molecule has 0 aromatic rings. The van der Waals surface area contributed by atoms with Crippen LogP contribution in [0.5, 0.6) is 0 Å². The molecular formula is C5H6N-. The van der Waals surface area contributed by atoms with Crippen molar-refractivity contribution in [2.24, 2.45) is 0 Å². The third-order valence-corrected chi connectivity index (χ3v) is 0.716. The van der Waals surface area contributed by atoms with E-state index in [-0.39, 0.29) is 0 Å². The molecule has 0 saturated carbocycles. The van der Waals surface area contributed by atoms with E-state index in [2.05, 4.69) is 11.9 Å². The lowest BCUT2D eigenvalue weighted by Crippen LogP contribution is -1.58. The van der Waals surface area contributed by atoms with Crippen LogP contribution in [0, 0.1) is 0 Å². The second-order valence-corrected chi connectivity index (χ2v) is 1.28. The molecule has 1 rings (SSSR count). The Morgan fingerprint density at radius 2 is 2.67 bits per heavy atom. The molecule has 0 spiro atoms. The molecule has 0 radical (unpaired) electrons. The van der Waals surface area contributed by atoms with E-state index in [1.807, 2.05) is 6.08 Å². The maximum atomic E-state index is 3.86. The lowest BCUT2D eigenvalue weighted by molar-refractivity contribution is 1.35. The Morgan fingerprint density at radius 1 is 1.83 bits per heavy atom. The number of allylic oxidation sites excluding steroid dienone is 1. The van der Waals surface area contributed by atoms with Gasteiger partial charge in [0.25, 0.3) is 0 Å². The van der Waals surface area contributed by atoms with Crippen molar-refractivity contribution < 1.29 is 0 Å². The Kier molecular flexibility index (Phi) is 0.675. The van der Waals surface area contributed by atoms with Gasteiger partial charge in [-0.05, 0) is 6.42 Å². The molecule has 0 N–H and O–H groups in total. The summed E-state index contributed by atoms with van der Waals surface area (Å²) in [6.45, 7) is 3.62. The number of rotatable bonds is 0. The smallest absolute Gasteiger partial charge is 0.0324 e. The molecule has 0 aromatic carbocycles. The third kappa shape index (κ3) is 0.432. The Balaban J connectivity index is 2.52. The topological polar surface area (TPSA) is 14.1 Å². The highest BCUT2D eigenvalue weighted by Crippen LogP contribution is 2.15. The second-order valence-electron chi connectivity index (χ2n) is 1.28. The van der Waals surface area contributed by atoms with E-state index < -0.39 is 0 Å². The maximum absolute atomic E-state index is 3.86. The minimum atomic E-state index is 0.944. The summed E-state index contributed by atoms with van der Waals surface area (Å²) in [5.41, 5.74) is 0.968. The Bertz CT molecular complexity index is 82.1. The first-order valence-electron chi connectivity index (χ1n) is 1.93. The third-order valence-electron chi connectivity index (χ3n) is 0.716. The highest BCUT2D eigenvalue weighted by atomic mass is 14.9. The summed E-state index contributed by atoms with van der Waals surface area (Å²) in [7, 11) is 0. The molecule has 1 aliphatic heterocycles. The number of hydrogen-bond donors (Lipinski definition) is 0. The fraction of sp³-hybridized carbons (Fsp3) is 0.200. The molecule has 0 fully saturated rings. The van der Waals surface area contributed by atoms with Crippen molar-refractivity contribution in [2.75, 3.05) is 0 Å². The molecule has 32 valence electrons. The summed E-state index contributed by atoms with van der Waals surface area (Å²) in [6.07, 6.45) is 4.71. The van der Waals surface area contributed by atoms with E-state index in [4.69, 9.17) is 0 Å². The van der Waals surface area contributed by atoms with E-state index >= 15 is 0 Å². The van der Waals surface area contributed by atoms with E-state index in [0.717, 1.165) is 12.1 Å². The number of hydrogen-bond acceptors (Lipinski definition) is 0. The summed E-state index contributed by atoms with van der Waals surface area (Å²) in [6, 6.07) is 0. The monoisotopic (exact) mass is 80.1 g/mol. The molecule has 0 atom stereocenters. The molecule has 0 aromatic heterocycles. The van der Waals surface area contributed by atoms with Gasteiger partial charge in [0.15, 0.2) is 0 Å². The Morgan fingerprint density at radius 3 is 2.83 bits per heavy atom. The van der Waals surface area contributed by atoms with Crippen LogP contribution >= 0.6 is 0 Å². The summed E-state index contributed by atoms with van der Waals surface area (Å²) in [4.78, 5) is 0. The molecule has 0 amide bonds. The second kappa shape index (κ2) is 1.17. The Hall–Kier alpha value is -0.720. The maximum Gasteiger partial charge on any atom is -0.0324 e. The summed E-state index contributed by atoms with van der Waals surface area (Å²) in [5.74, 6) is 0. The molecule has 0 unspecified atom stereocenters. The molecule has 1 aliphatic rings. The minimum absolute atomic E-state index is 0.944. The molecule has 1 nitrogen and oxygen atoms in total. The molecule has 1 heteroatoms. The van der Waals surface area contributed by atoms with E-state index in [1.54, 1.807) is 6.20 Å². The van der Waals surface area contributed by atoms with Crippen LogP contribution in [-0.2, 0) is 0 Å². The normalized spacial score (nSPS) is 18.3. The van der Waals surface area contributed by atoms with Crippen molar-refractivity contribution in [3.05, 3.63) is 29.9 Å². The predicted octanol–water partition coefficient (Wildman–Crippen LogP) is 1.79. The van der Waals surface area contributed by atoms with Gasteiger partial charge in [0, 0.05) is 0 Å². The van der Waals surface area contributed by atoms with Crippen LogP contribution < -0.4 is 0 Å². The molecule has 6 heavy (non-hydrogen) atoms. The van der Waals surface area contributed by atoms with Gasteiger partial charge >= 0.3 is 0 Å². The quantitative estimate of drug-likeness (QED) is 0.421. The highest BCUT2D eigenvalue weighted by Gasteiger charge is 1.76. The van der Waals surface area contributed by atoms with E-state index in [9.17, 15) is 0 Å². The van der Waals surface area contributed by atoms with Crippen LogP contribution in [0.25, 0.3) is 5.32 Å². The van der Waals surface area contributed by atoms with Gasteiger partial charge in [-0.3, -0.25) is 0 Å². The van der Waals surface area contributed by atoms with Crippen LogP contribution in [-0.4, -0.2) is 0 Å². The van der Waals surface area contributed by atoms with Gasteiger partial charge in [0.05, 0.1) is 0 Å². The van der Waals surface area contributed by atoms with Crippen LogP contribution in [0.3, 0.4) is 0 Å². The fourth-order valence-electron chi connectivity index (χ4n) is 0.400. The van der Waals surface area contributed by atoms with Crippen molar-refractivity contribution in [1.29, 1.82) is 0 Å². The van der Waals surface area contributed by atoms with Gasteiger partial charge in [-0.15, -0.1) is 12.7 Å². The first kappa shape index (κ1) is 3.47. The van der Waals surface area contributed by atoms with Crippen molar-refractivity contribution in [2.45, 2.75) is 6.42 Å². The average molecular weight is 80.1 g/mol. The van der Waals surface area contributed by atoms with Crippen LogP contribution in [0.1, 0.15) is 6.42 Å². The summed E-state index contributed by atoms with van der Waals surface area (Å²) >= 11 is 0. The lowest BCUT2D eigenvalue weighted by Gasteiger charge is -2.07. The van der Waals surface area contributed by atoms with Gasteiger partial charge in [0.1, 0.15) is 0 Å².